The Morgan fingerprint density at radius 1 is 1.67 bits per heavy atom. The summed E-state index contributed by atoms with van der Waals surface area (Å²) in [6.07, 6.45) is 0. The molecule has 0 aromatic rings. The second-order valence-electron chi connectivity index (χ2n) is 3.32. The van der Waals surface area contributed by atoms with E-state index in [1.807, 2.05) is 6.92 Å². The number of rotatable bonds is 6. The Labute approximate surface area is 74.2 Å². The molecular formula is C9H18N2O. The fourth-order valence-electron chi connectivity index (χ4n) is 1.01. The summed E-state index contributed by atoms with van der Waals surface area (Å²) in [5.74, 6) is 0. The topological polar surface area (TPSA) is 33.3 Å². The lowest BCUT2D eigenvalue weighted by molar-refractivity contribution is 0.152. The van der Waals surface area contributed by atoms with Gasteiger partial charge in [-0.05, 0) is 6.92 Å². The van der Waals surface area contributed by atoms with E-state index in [4.69, 9.17) is 4.74 Å². The molecule has 0 aliphatic carbocycles. The zero-order chi connectivity index (χ0) is 8.81. The predicted molar refractivity (Wildman–Crippen MR) is 50.3 cm³/mol. The SMILES string of the molecule is C=C(C)COCCNC1CNC1. The average Bonchev–Trinajstić information content (AvgIpc) is 1.92. The minimum atomic E-state index is 0.665. The van der Waals surface area contributed by atoms with E-state index in [2.05, 4.69) is 17.2 Å². The van der Waals surface area contributed by atoms with Crippen molar-refractivity contribution in [1.29, 1.82) is 0 Å². The van der Waals surface area contributed by atoms with Crippen molar-refractivity contribution in [2.45, 2.75) is 13.0 Å². The maximum atomic E-state index is 5.33. The summed E-state index contributed by atoms with van der Waals surface area (Å²) in [7, 11) is 0. The highest BCUT2D eigenvalue weighted by Crippen LogP contribution is 1.90. The van der Waals surface area contributed by atoms with Gasteiger partial charge in [0, 0.05) is 25.7 Å². The molecular weight excluding hydrogens is 152 g/mol. The van der Waals surface area contributed by atoms with Gasteiger partial charge in [0.05, 0.1) is 13.2 Å². The van der Waals surface area contributed by atoms with Crippen LogP contribution in [0.3, 0.4) is 0 Å². The first kappa shape index (κ1) is 9.71. The summed E-state index contributed by atoms with van der Waals surface area (Å²) in [4.78, 5) is 0. The van der Waals surface area contributed by atoms with Gasteiger partial charge in [-0.3, -0.25) is 0 Å². The van der Waals surface area contributed by atoms with Crippen LogP contribution in [0.1, 0.15) is 6.92 Å². The van der Waals surface area contributed by atoms with Crippen molar-refractivity contribution in [3.63, 3.8) is 0 Å². The van der Waals surface area contributed by atoms with Gasteiger partial charge in [-0.1, -0.05) is 12.2 Å². The lowest BCUT2D eigenvalue weighted by Crippen LogP contribution is -2.55. The van der Waals surface area contributed by atoms with Crippen molar-refractivity contribution in [3.8, 4) is 0 Å². The van der Waals surface area contributed by atoms with Crippen molar-refractivity contribution < 1.29 is 4.74 Å². The molecule has 0 unspecified atom stereocenters. The first-order valence-electron chi connectivity index (χ1n) is 4.45. The highest BCUT2D eigenvalue weighted by atomic mass is 16.5. The minimum Gasteiger partial charge on any atom is -0.376 e. The van der Waals surface area contributed by atoms with E-state index in [0.29, 0.717) is 12.6 Å². The Bertz CT molecular complexity index is 143. The third-order valence-electron chi connectivity index (χ3n) is 1.81. The van der Waals surface area contributed by atoms with E-state index >= 15 is 0 Å². The van der Waals surface area contributed by atoms with E-state index in [0.717, 1.165) is 31.8 Å². The van der Waals surface area contributed by atoms with Crippen molar-refractivity contribution >= 4 is 0 Å². The molecule has 1 rings (SSSR count). The smallest absolute Gasteiger partial charge is 0.0672 e. The van der Waals surface area contributed by atoms with Crippen molar-refractivity contribution in [3.05, 3.63) is 12.2 Å². The Hall–Kier alpha value is -0.380. The zero-order valence-electron chi connectivity index (χ0n) is 7.73. The largest absolute Gasteiger partial charge is 0.376 e. The fraction of sp³-hybridized carbons (Fsp3) is 0.778. The van der Waals surface area contributed by atoms with Crippen LogP contribution in [0.15, 0.2) is 12.2 Å². The lowest BCUT2D eigenvalue weighted by atomic mass is 10.2. The summed E-state index contributed by atoms with van der Waals surface area (Å²) < 4.78 is 5.33. The van der Waals surface area contributed by atoms with Gasteiger partial charge >= 0.3 is 0 Å². The van der Waals surface area contributed by atoms with E-state index in [9.17, 15) is 0 Å². The van der Waals surface area contributed by atoms with Crippen LogP contribution in [-0.4, -0.2) is 38.9 Å². The maximum absolute atomic E-state index is 5.33. The molecule has 1 heterocycles. The monoisotopic (exact) mass is 170 g/mol. The maximum Gasteiger partial charge on any atom is 0.0672 e. The van der Waals surface area contributed by atoms with Crippen LogP contribution in [0.2, 0.25) is 0 Å². The van der Waals surface area contributed by atoms with Gasteiger partial charge in [0.25, 0.3) is 0 Å². The Morgan fingerprint density at radius 2 is 2.42 bits per heavy atom. The molecule has 0 amide bonds. The summed E-state index contributed by atoms with van der Waals surface area (Å²) in [5, 5.41) is 6.58. The highest BCUT2D eigenvalue weighted by Gasteiger charge is 2.14. The van der Waals surface area contributed by atoms with E-state index in [1.165, 1.54) is 0 Å². The second kappa shape index (κ2) is 5.30. The molecule has 1 saturated heterocycles. The van der Waals surface area contributed by atoms with Crippen LogP contribution in [0, 0.1) is 0 Å². The molecule has 0 saturated carbocycles. The molecule has 0 atom stereocenters. The number of nitrogens with one attached hydrogen (secondary N) is 2. The average molecular weight is 170 g/mol. The molecule has 1 aliphatic heterocycles. The Kier molecular flexibility index (Phi) is 4.29. The van der Waals surface area contributed by atoms with Crippen LogP contribution in [-0.2, 0) is 4.74 Å². The van der Waals surface area contributed by atoms with Crippen molar-refractivity contribution in [2.75, 3.05) is 32.8 Å². The molecule has 12 heavy (non-hydrogen) atoms. The summed E-state index contributed by atoms with van der Waals surface area (Å²) in [5.41, 5.74) is 1.08. The second-order valence-corrected chi connectivity index (χ2v) is 3.32. The van der Waals surface area contributed by atoms with Gasteiger partial charge in [0.15, 0.2) is 0 Å². The third kappa shape index (κ3) is 3.85. The van der Waals surface area contributed by atoms with Gasteiger partial charge in [-0.2, -0.15) is 0 Å². The van der Waals surface area contributed by atoms with Crippen LogP contribution in [0.25, 0.3) is 0 Å². The van der Waals surface area contributed by atoms with Crippen LogP contribution in [0.4, 0.5) is 0 Å². The lowest BCUT2D eigenvalue weighted by Gasteiger charge is -2.28. The molecule has 3 heteroatoms. The molecule has 0 bridgehead atoms. The molecule has 1 aliphatic rings. The van der Waals surface area contributed by atoms with Crippen molar-refractivity contribution in [1.82, 2.24) is 10.6 Å². The van der Waals surface area contributed by atoms with Gasteiger partial charge in [0.2, 0.25) is 0 Å². The Balaban J connectivity index is 1.79. The molecule has 0 spiro atoms. The molecule has 0 aromatic heterocycles. The predicted octanol–water partition coefficient (Wildman–Crippen LogP) is 0.140. The highest BCUT2D eigenvalue weighted by molar-refractivity contribution is 4.87. The fourth-order valence-corrected chi connectivity index (χ4v) is 1.01. The summed E-state index contributed by atoms with van der Waals surface area (Å²) in [6, 6.07) is 0.665. The molecule has 1 fully saturated rings. The third-order valence-corrected chi connectivity index (χ3v) is 1.81. The van der Waals surface area contributed by atoms with Crippen LogP contribution >= 0.6 is 0 Å². The molecule has 0 radical (unpaired) electrons. The van der Waals surface area contributed by atoms with E-state index < -0.39 is 0 Å². The molecule has 3 nitrogen and oxygen atoms in total. The van der Waals surface area contributed by atoms with Gasteiger partial charge in [-0.15, -0.1) is 0 Å². The number of hydrogen-bond acceptors (Lipinski definition) is 3. The van der Waals surface area contributed by atoms with Gasteiger partial charge in [0.1, 0.15) is 0 Å². The normalized spacial score (nSPS) is 17.4. The Morgan fingerprint density at radius 3 is 2.92 bits per heavy atom. The molecule has 2 N–H and O–H groups in total. The molecule has 70 valence electrons. The first-order valence-corrected chi connectivity index (χ1v) is 4.45. The van der Waals surface area contributed by atoms with Crippen LogP contribution < -0.4 is 10.6 Å². The van der Waals surface area contributed by atoms with Gasteiger partial charge in [-0.25, -0.2) is 0 Å². The zero-order valence-corrected chi connectivity index (χ0v) is 7.73. The van der Waals surface area contributed by atoms with Crippen molar-refractivity contribution in [2.24, 2.45) is 0 Å². The number of hydrogen-bond donors (Lipinski definition) is 2. The van der Waals surface area contributed by atoms with Crippen LogP contribution in [0.5, 0.6) is 0 Å². The van der Waals surface area contributed by atoms with Gasteiger partial charge < -0.3 is 15.4 Å². The molecule has 0 aromatic carbocycles. The minimum absolute atomic E-state index is 0.665. The summed E-state index contributed by atoms with van der Waals surface area (Å²) >= 11 is 0. The number of ether oxygens (including phenoxy) is 1. The summed E-state index contributed by atoms with van der Waals surface area (Å²) in [6.45, 7) is 10.3. The first-order chi connectivity index (χ1) is 5.79. The van der Waals surface area contributed by atoms with E-state index in [1.54, 1.807) is 0 Å². The van der Waals surface area contributed by atoms with E-state index in [-0.39, 0.29) is 0 Å². The quantitative estimate of drug-likeness (QED) is 0.439. The standard InChI is InChI=1S/C9H18N2O/c1-8(2)7-12-4-3-11-9-5-10-6-9/h9-11H,1,3-7H2,2H3.